The van der Waals surface area contributed by atoms with Crippen LogP contribution in [0.4, 0.5) is 5.69 Å². The summed E-state index contributed by atoms with van der Waals surface area (Å²) in [6.45, 7) is 0. The van der Waals surface area contributed by atoms with Gasteiger partial charge in [0.2, 0.25) is 0 Å². The van der Waals surface area contributed by atoms with E-state index in [9.17, 15) is 9.90 Å². The molecule has 2 aromatic carbocycles. The summed E-state index contributed by atoms with van der Waals surface area (Å²) in [5.74, 6) is -0.435. The first-order chi connectivity index (χ1) is 10.5. The van der Waals surface area contributed by atoms with Crippen LogP contribution in [0.2, 0.25) is 5.02 Å². The van der Waals surface area contributed by atoms with Crippen LogP contribution in [0.15, 0.2) is 52.5 Å². The monoisotopic (exact) mass is 376 g/mol. The molecule has 2 rings (SSSR count). The molecule has 0 radical (unpaired) electrons. The van der Waals surface area contributed by atoms with Crippen molar-refractivity contribution in [2.24, 2.45) is 0 Å². The van der Waals surface area contributed by atoms with E-state index in [1.165, 1.54) is 12.1 Å². The van der Waals surface area contributed by atoms with E-state index in [-0.39, 0.29) is 11.3 Å². The Morgan fingerprint density at radius 2 is 1.95 bits per heavy atom. The molecule has 0 atom stereocenters. The number of nitrogens with one attached hydrogen (secondary N) is 1. The predicted octanol–water partition coefficient (Wildman–Crippen LogP) is 4.35. The molecule has 0 bridgehead atoms. The maximum absolute atomic E-state index is 12.1. The van der Waals surface area contributed by atoms with Crippen LogP contribution in [-0.2, 0) is 4.79 Å². The highest BCUT2D eigenvalue weighted by atomic mass is 79.9. The van der Waals surface area contributed by atoms with Crippen molar-refractivity contribution >= 4 is 45.2 Å². The normalized spacial score (nSPS) is 10.9. The molecule has 0 fully saturated rings. The highest BCUT2D eigenvalue weighted by Gasteiger charge is 2.10. The number of nitriles is 1. The van der Waals surface area contributed by atoms with Crippen LogP contribution in [0, 0.1) is 11.3 Å². The third kappa shape index (κ3) is 4.10. The highest BCUT2D eigenvalue weighted by molar-refractivity contribution is 9.10. The molecule has 0 spiro atoms. The minimum Gasteiger partial charge on any atom is -0.507 e. The molecule has 4 nitrogen and oxygen atoms in total. The van der Waals surface area contributed by atoms with Crippen molar-refractivity contribution in [3.05, 3.63) is 63.1 Å². The molecule has 0 aromatic heterocycles. The number of amides is 1. The molecular weight excluding hydrogens is 368 g/mol. The second kappa shape index (κ2) is 7.12. The molecule has 0 heterocycles. The van der Waals surface area contributed by atoms with Crippen LogP contribution in [0.1, 0.15) is 5.56 Å². The van der Waals surface area contributed by atoms with Gasteiger partial charge >= 0.3 is 0 Å². The minimum absolute atomic E-state index is 0.0486. The molecule has 0 aliphatic carbocycles. The molecule has 2 N–H and O–H groups in total. The van der Waals surface area contributed by atoms with Crippen LogP contribution in [0.3, 0.4) is 0 Å². The lowest BCUT2D eigenvalue weighted by Gasteiger charge is -2.04. The van der Waals surface area contributed by atoms with Gasteiger partial charge in [0, 0.05) is 10.7 Å². The molecule has 1 amide bonds. The standard InChI is InChI=1S/C16H10BrClN2O2/c17-14-8-10(1-6-15(14)21)7-11(9-19)16(22)20-13-4-2-12(18)3-5-13/h1-8,21H,(H,20,22)/b11-7-. The van der Waals surface area contributed by atoms with E-state index < -0.39 is 5.91 Å². The second-order valence-electron chi connectivity index (χ2n) is 4.34. The molecule has 2 aromatic rings. The minimum atomic E-state index is -0.519. The van der Waals surface area contributed by atoms with Gasteiger partial charge in [-0.3, -0.25) is 4.79 Å². The lowest BCUT2D eigenvalue weighted by atomic mass is 10.1. The van der Waals surface area contributed by atoms with Gasteiger partial charge in [0.15, 0.2) is 0 Å². The fourth-order valence-corrected chi connectivity index (χ4v) is 2.18. The van der Waals surface area contributed by atoms with Gasteiger partial charge in [-0.05, 0) is 64.0 Å². The first-order valence-corrected chi connectivity index (χ1v) is 7.34. The predicted molar refractivity (Wildman–Crippen MR) is 89.5 cm³/mol. The quantitative estimate of drug-likeness (QED) is 0.617. The van der Waals surface area contributed by atoms with E-state index in [0.717, 1.165) is 0 Å². The summed E-state index contributed by atoms with van der Waals surface area (Å²) in [5.41, 5.74) is 1.11. The van der Waals surface area contributed by atoms with Gasteiger partial charge in [-0.2, -0.15) is 5.26 Å². The second-order valence-corrected chi connectivity index (χ2v) is 5.63. The van der Waals surface area contributed by atoms with Crippen LogP contribution in [0.5, 0.6) is 5.75 Å². The number of rotatable bonds is 3. The third-order valence-electron chi connectivity index (χ3n) is 2.75. The molecule has 110 valence electrons. The average molecular weight is 378 g/mol. The Labute approximate surface area is 140 Å². The third-order valence-corrected chi connectivity index (χ3v) is 3.64. The smallest absolute Gasteiger partial charge is 0.266 e. The number of hydrogen-bond donors (Lipinski definition) is 2. The van der Waals surface area contributed by atoms with E-state index in [0.29, 0.717) is 20.7 Å². The van der Waals surface area contributed by atoms with Crippen LogP contribution in [-0.4, -0.2) is 11.0 Å². The van der Waals surface area contributed by atoms with Crippen LogP contribution >= 0.6 is 27.5 Å². The molecular formula is C16H10BrClN2O2. The number of carbonyl (C=O) groups excluding carboxylic acids is 1. The molecule has 22 heavy (non-hydrogen) atoms. The first kappa shape index (κ1) is 16.1. The van der Waals surface area contributed by atoms with Gasteiger partial charge in [-0.1, -0.05) is 17.7 Å². The molecule has 0 unspecified atom stereocenters. The van der Waals surface area contributed by atoms with Crippen LogP contribution in [0.25, 0.3) is 6.08 Å². The Hall–Kier alpha value is -2.29. The average Bonchev–Trinajstić information content (AvgIpc) is 2.50. The lowest BCUT2D eigenvalue weighted by Crippen LogP contribution is -2.13. The molecule has 6 heteroatoms. The molecule has 0 saturated carbocycles. The van der Waals surface area contributed by atoms with Crippen molar-refractivity contribution in [2.45, 2.75) is 0 Å². The zero-order chi connectivity index (χ0) is 16.1. The van der Waals surface area contributed by atoms with E-state index in [2.05, 4.69) is 21.2 Å². The number of benzene rings is 2. The van der Waals surface area contributed by atoms with Crippen LogP contribution < -0.4 is 5.32 Å². The Kier molecular flexibility index (Phi) is 5.21. The number of aromatic hydroxyl groups is 1. The SMILES string of the molecule is N#C/C(=C/c1ccc(O)c(Br)c1)C(=O)Nc1ccc(Cl)cc1. The number of anilines is 1. The Balaban J connectivity index is 2.21. The van der Waals surface area contributed by atoms with Crippen molar-refractivity contribution in [3.8, 4) is 11.8 Å². The lowest BCUT2D eigenvalue weighted by molar-refractivity contribution is -0.112. The Morgan fingerprint density at radius 1 is 1.27 bits per heavy atom. The fraction of sp³-hybridized carbons (Fsp3) is 0. The van der Waals surface area contributed by atoms with Gasteiger partial charge in [0.05, 0.1) is 4.47 Å². The van der Waals surface area contributed by atoms with Gasteiger partial charge in [0.25, 0.3) is 5.91 Å². The van der Waals surface area contributed by atoms with E-state index >= 15 is 0 Å². The van der Waals surface area contributed by atoms with E-state index in [1.807, 2.05) is 6.07 Å². The first-order valence-electron chi connectivity index (χ1n) is 6.17. The van der Waals surface area contributed by atoms with Crippen molar-refractivity contribution < 1.29 is 9.90 Å². The zero-order valence-electron chi connectivity index (χ0n) is 11.2. The highest BCUT2D eigenvalue weighted by Crippen LogP contribution is 2.25. The summed E-state index contributed by atoms with van der Waals surface area (Å²) in [7, 11) is 0. The largest absolute Gasteiger partial charge is 0.507 e. The summed E-state index contributed by atoms with van der Waals surface area (Å²) < 4.78 is 0.483. The summed E-state index contributed by atoms with van der Waals surface area (Å²) in [6, 6.07) is 13.1. The number of phenolic OH excluding ortho intramolecular Hbond substituents is 1. The van der Waals surface area contributed by atoms with Gasteiger partial charge in [0.1, 0.15) is 17.4 Å². The number of halogens is 2. The van der Waals surface area contributed by atoms with Crippen molar-refractivity contribution in [1.29, 1.82) is 5.26 Å². The van der Waals surface area contributed by atoms with Crippen molar-refractivity contribution in [3.63, 3.8) is 0 Å². The molecule has 0 aliphatic rings. The number of phenols is 1. The summed E-state index contributed by atoms with van der Waals surface area (Å²) in [4.78, 5) is 12.1. The number of carbonyl (C=O) groups is 1. The number of nitrogens with zero attached hydrogens (tertiary/aromatic N) is 1. The van der Waals surface area contributed by atoms with E-state index in [1.54, 1.807) is 36.4 Å². The fourth-order valence-electron chi connectivity index (χ4n) is 1.66. The van der Waals surface area contributed by atoms with E-state index in [4.69, 9.17) is 16.9 Å². The van der Waals surface area contributed by atoms with Gasteiger partial charge in [-0.15, -0.1) is 0 Å². The molecule has 0 aliphatic heterocycles. The van der Waals surface area contributed by atoms with Crippen molar-refractivity contribution in [1.82, 2.24) is 0 Å². The molecule has 0 saturated heterocycles. The summed E-state index contributed by atoms with van der Waals surface area (Å²) in [5, 5.41) is 21.8. The number of hydrogen-bond acceptors (Lipinski definition) is 3. The Morgan fingerprint density at radius 3 is 2.55 bits per heavy atom. The maximum Gasteiger partial charge on any atom is 0.266 e. The maximum atomic E-state index is 12.1. The van der Waals surface area contributed by atoms with Gasteiger partial charge in [-0.25, -0.2) is 0 Å². The topological polar surface area (TPSA) is 73.1 Å². The van der Waals surface area contributed by atoms with Crippen molar-refractivity contribution in [2.75, 3.05) is 5.32 Å². The summed E-state index contributed by atoms with van der Waals surface area (Å²) in [6.07, 6.45) is 1.44. The zero-order valence-corrected chi connectivity index (χ0v) is 13.5. The van der Waals surface area contributed by atoms with Gasteiger partial charge < -0.3 is 10.4 Å². The summed E-state index contributed by atoms with van der Waals surface area (Å²) >= 11 is 8.95. The Bertz CT molecular complexity index is 780.